The molecular weight excluding hydrogens is 672 g/mol. The van der Waals surface area contributed by atoms with Crippen LogP contribution >= 0.6 is 27.1 Å². The largest absolute Gasteiger partial charge is 0.449 e. The quantitative estimate of drug-likeness (QED) is 0.0504. The Labute approximate surface area is 281 Å². The lowest BCUT2D eigenvalue weighted by molar-refractivity contribution is -0.000316. The molecule has 47 heavy (non-hydrogen) atoms. The number of benzene rings is 1. The molecule has 5 atom stereocenters. The molecule has 1 aliphatic carbocycles. The summed E-state index contributed by atoms with van der Waals surface area (Å²) in [5.41, 5.74) is 2.59. The number of alkyl halides is 1. The van der Waals surface area contributed by atoms with E-state index in [1.807, 2.05) is 0 Å². The maximum absolute atomic E-state index is 10.0. The van der Waals surface area contributed by atoms with Crippen molar-refractivity contribution in [2.24, 2.45) is 4.99 Å². The van der Waals surface area contributed by atoms with Gasteiger partial charge in [-0.25, -0.2) is 9.67 Å². The monoisotopic (exact) mass is 714 g/mol. The van der Waals surface area contributed by atoms with Crippen molar-refractivity contribution in [3.63, 3.8) is 0 Å². The third-order valence-corrected chi connectivity index (χ3v) is 12.0. The van der Waals surface area contributed by atoms with Gasteiger partial charge in [0.05, 0.1) is 76.3 Å². The van der Waals surface area contributed by atoms with E-state index in [4.69, 9.17) is 46.7 Å². The predicted molar refractivity (Wildman–Crippen MR) is 179 cm³/mol. The van der Waals surface area contributed by atoms with E-state index in [2.05, 4.69) is 45.5 Å². The van der Waals surface area contributed by atoms with Crippen LogP contribution in [0, 0.1) is 12.3 Å². The molecule has 1 aromatic heterocycles. The standard InChI is InChI=1S/C30H43ClN5O9P2/c1-2-12-41-14-16-43-18-19-44-17-15-42-13-11-35(26-9-7-22-5-3-4-6-24(22)26)28-25-20-32-36(29(25)34-30(31)33-28)27-10-8-23(45-27)21-46(37)47(38,39)40/h1,3-6,20,23,26-27,30,34,37-40H,7-19,21H2/q+1. The van der Waals surface area contributed by atoms with Crippen LogP contribution in [0.5, 0.6) is 0 Å². The zero-order valence-corrected chi connectivity index (χ0v) is 28.6. The number of ether oxygens (including phenoxy) is 5. The molecule has 0 radical (unpaired) electrons. The Kier molecular flexibility index (Phi) is 13.6. The molecule has 3 heterocycles. The van der Waals surface area contributed by atoms with Gasteiger partial charge in [-0.2, -0.15) is 19.8 Å². The Morgan fingerprint density at radius 2 is 1.74 bits per heavy atom. The van der Waals surface area contributed by atoms with E-state index >= 15 is 0 Å². The first-order valence-electron chi connectivity index (χ1n) is 15.6. The van der Waals surface area contributed by atoms with Crippen molar-refractivity contribution in [1.82, 2.24) is 14.7 Å². The van der Waals surface area contributed by atoms with E-state index in [0.717, 1.165) is 18.4 Å². The van der Waals surface area contributed by atoms with Crippen LogP contribution in [0.3, 0.4) is 0 Å². The lowest BCUT2D eigenvalue weighted by Crippen LogP contribution is -2.40. The second kappa shape index (κ2) is 17.6. The molecule has 258 valence electrons. The topological polar surface area (TPSA) is 173 Å². The van der Waals surface area contributed by atoms with E-state index < -0.39 is 33.4 Å². The number of fused-ring (bicyclic) bond motifs is 2. The fourth-order valence-electron chi connectivity index (χ4n) is 5.95. The summed E-state index contributed by atoms with van der Waals surface area (Å²) >= 11 is 6.67. The molecule has 0 amide bonds. The maximum Gasteiger partial charge on any atom is 0.449 e. The van der Waals surface area contributed by atoms with Crippen LogP contribution in [0.4, 0.5) is 5.82 Å². The van der Waals surface area contributed by atoms with Crippen LogP contribution in [0.2, 0.25) is 0 Å². The van der Waals surface area contributed by atoms with Crippen molar-refractivity contribution in [2.75, 3.05) is 70.9 Å². The molecule has 1 aromatic carbocycles. The summed E-state index contributed by atoms with van der Waals surface area (Å²) in [6, 6.07) is 8.50. The number of terminal acetylenes is 1. The van der Waals surface area contributed by atoms with E-state index in [1.54, 1.807) is 10.9 Å². The molecule has 3 aliphatic rings. The van der Waals surface area contributed by atoms with Gasteiger partial charge in [0.15, 0.2) is 11.9 Å². The van der Waals surface area contributed by atoms with Crippen LogP contribution in [0.15, 0.2) is 35.5 Å². The van der Waals surface area contributed by atoms with Crippen LogP contribution in [0.1, 0.15) is 48.2 Å². The third-order valence-electron chi connectivity index (χ3n) is 8.09. The zero-order chi connectivity index (χ0) is 33.2. The van der Waals surface area contributed by atoms with Crippen LogP contribution in [-0.2, 0) is 30.1 Å². The number of nitrogens with zero attached hydrogens (tertiary/aromatic N) is 4. The van der Waals surface area contributed by atoms with Crippen LogP contribution in [0.25, 0.3) is 0 Å². The molecule has 5 unspecified atom stereocenters. The lowest BCUT2D eigenvalue weighted by Gasteiger charge is -2.35. The average Bonchev–Trinajstić information content (AvgIpc) is 3.79. The number of nitrogens with one attached hydrogen (secondary N) is 1. The molecule has 5 N–H and O–H groups in total. The number of aryl methyl sites for hydroxylation is 1. The van der Waals surface area contributed by atoms with Gasteiger partial charge < -0.3 is 38.8 Å². The first kappa shape index (κ1) is 36.3. The minimum absolute atomic E-state index is 0.0400. The third kappa shape index (κ3) is 9.82. The van der Waals surface area contributed by atoms with Crippen molar-refractivity contribution >= 4 is 38.7 Å². The van der Waals surface area contributed by atoms with Gasteiger partial charge in [0.2, 0.25) is 0 Å². The van der Waals surface area contributed by atoms with Gasteiger partial charge in [-0.1, -0.05) is 41.8 Å². The second-order valence-electron chi connectivity index (χ2n) is 11.2. The molecule has 5 rings (SSSR count). The number of anilines is 1. The van der Waals surface area contributed by atoms with Crippen molar-refractivity contribution < 1.29 is 43.3 Å². The van der Waals surface area contributed by atoms with Crippen LogP contribution < -0.4 is 5.32 Å². The molecule has 0 bridgehead atoms. The fourth-order valence-corrected chi connectivity index (χ4v) is 8.20. The minimum atomic E-state index is -4.31. The average molecular weight is 715 g/mol. The SMILES string of the molecule is C#CCOCCOCCOCCOCCN(C1=NC(Cl)Nc2c1cnn2C1CCC(CP(O)[P+](O)(O)O)O1)C1CCc2ccccc21. The molecule has 17 heteroatoms. The summed E-state index contributed by atoms with van der Waals surface area (Å²) in [4.78, 5) is 45.4. The lowest BCUT2D eigenvalue weighted by atomic mass is 10.1. The number of hydrogen-bond donors (Lipinski definition) is 5. The van der Waals surface area contributed by atoms with Gasteiger partial charge in [-0.15, -0.1) is 6.42 Å². The van der Waals surface area contributed by atoms with Gasteiger partial charge in [0.25, 0.3) is 7.84 Å². The summed E-state index contributed by atoms with van der Waals surface area (Å²) < 4.78 is 30.1. The molecule has 14 nitrogen and oxygen atoms in total. The Balaban J connectivity index is 1.20. The van der Waals surface area contributed by atoms with E-state index in [9.17, 15) is 19.6 Å². The van der Waals surface area contributed by atoms with Crippen molar-refractivity contribution in [3.05, 3.63) is 47.2 Å². The van der Waals surface area contributed by atoms with E-state index in [0.29, 0.717) is 77.3 Å². The van der Waals surface area contributed by atoms with Gasteiger partial charge >= 0.3 is 7.63 Å². The predicted octanol–water partition coefficient (Wildman–Crippen LogP) is 2.99. The highest BCUT2D eigenvalue weighted by Gasteiger charge is 2.46. The van der Waals surface area contributed by atoms with Crippen molar-refractivity contribution in [2.45, 2.75) is 49.7 Å². The number of aromatic nitrogens is 2. The number of rotatable bonds is 18. The van der Waals surface area contributed by atoms with E-state index in [1.165, 1.54) is 11.1 Å². The Hall–Kier alpha value is -1.95. The fraction of sp³-hybridized carbons (Fsp3) is 0.600. The number of halogens is 1. The highest BCUT2D eigenvalue weighted by molar-refractivity contribution is 8.28. The summed E-state index contributed by atoms with van der Waals surface area (Å²) in [5.74, 6) is 3.78. The zero-order valence-electron chi connectivity index (χ0n) is 26.1. The molecule has 2 aliphatic heterocycles. The highest BCUT2D eigenvalue weighted by Crippen LogP contribution is 2.74. The number of hydrogen-bond acceptors (Lipinski definition) is 13. The highest BCUT2D eigenvalue weighted by atomic mass is 35.5. The molecule has 1 saturated heterocycles. The second-order valence-corrected chi connectivity index (χ2v) is 16.8. The Bertz CT molecular complexity index is 1370. The summed E-state index contributed by atoms with van der Waals surface area (Å²) in [6.45, 7) is 3.97. The first-order valence-corrected chi connectivity index (χ1v) is 19.9. The molecule has 2 aromatic rings. The molecule has 0 saturated carbocycles. The number of amidine groups is 1. The van der Waals surface area contributed by atoms with E-state index in [-0.39, 0.29) is 18.8 Å². The maximum atomic E-state index is 10.0. The number of aliphatic imine (C=N–C) groups is 1. The van der Waals surface area contributed by atoms with Crippen LogP contribution in [-0.4, -0.2) is 117 Å². The summed E-state index contributed by atoms with van der Waals surface area (Å²) in [6.07, 6.45) is 8.94. The molecule has 1 fully saturated rings. The Morgan fingerprint density at radius 3 is 2.47 bits per heavy atom. The summed E-state index contributed by atoms with van der Waals surface area (Å²) in [5, 5.41) is 7.86. The smallest absolute Gasteiger partial charge is 0.377 e. The normalized spacial score (nSPS) is 22.7. The summed E-state index contributed by atoms with van der Waals surface area (Å²) in [7, 11) is -6.67. The minimum Gasteiger partial charge on any atom is -0.377 e. The molecule has 0 spiro atoms. The Morgan fingerprint density at radius 1 is 1.04 bits per heavy atom. The van der Waals surface area contributed by atoms with Crippen molar-refractivity contribution in [3.8, 4) is 12.3 Å². The van der Waals surface area contributed by atoms with Gasteiger partial charge in [0, 0.05) is 6.54 Å². The van der Waals surface area contributed by atoms with Gasteiger partial charge in [-0.3, -0.25) is 0 Å². The molecular formula is C30H43ClN5O9P2+. The van der Waals surface area contributed by atoms with Gasteiger partial charge in [-0.05, 0) is 36.8 Å². The van der Waals surface area contributed by atoms with Crippen molar-refractivity contribution in [1.29, 1.82) is 0 Å². The van der Waals surface area contributed by atoms with Gasteiger partial charge in [0.1, 0.15) is 18.3 Å². The first-order chi connectivity index (χ1) is 22.8.